The van der Waals surface area contributed by atoms with E-state index in [4.69, 9.17) is 20.6 Å². The number of methoxy groups -OCH3 is 1. The third-order valence-corrected chi connectivity index (χ3v) is 5.08. The molecule has 0 bridgehead atoms. The summed E-state index contributed by atoms with van der Waals surface area (Å²) in [6.45, 7) is 3.01. The van der Waals surface area contributed by atoms with Crippen LogP contribution in [0.5, 0.6) is 5.75 Å². The molecule has 0 amide bonds. The molecule has 3 aromatic rings. The molecule has 29 heavy (non-hydrogen) atoms. The van der Waals surface area contributed by atoms with Crippen molar-refractivity contribution >= 4 is 17.2 Å². The Balaban J connectivity index is 0.00000256. The average Bonchev–Trinajstić information content (AvgIpc) is 3.16. The SMILES string of the molecule is COc1ccncc1-c1ccc(N)c(C(=N)c2cc(N3CCOCC3)n(C)n2)c1.[HH]. The van der Waals surface area contributed by atoms with E-state index in [0.29, 0.717) is 30.2 Å². The standard InChI is InChI=1S/C21H24N6O2.H2/c1-26-20(27-7-9-29-10-8-27)12-18(25-26)21(23)15-11-14(3-4-17(15)22)16-13-24-6-5-19(16)28-2;/h3-6,11-13,23H,7-10,22H2,1-2H3;1H. The van der Waals surface area contributed by atoms with Crippen LogP contribution in [0.4, 0.5) is 11.5 Å². The molecule has 0 unspecified atom stereocenters. The number of nitrogens with one attached hydrogen (secondary N) is 1. The Labute approximate surface area is 170 Å². The van der Waals surface area contributed by atoms with Crippen molar-refractivity contribution in [2.24, 2.45) is 7.05 Å². The van der Waals surface area contributed by atoms with Crippen LogP contribution in [0.3, 0.4) is 0 Å². The second kappa shape index (κ2) is 7.92. The minimum atomic E-state index is 0. The van der Waals surface area contributed by atoms with Crippen molar-refractivity contribution in [2.45, 2.75) is 0 Å². The molecular weight excluding hydrogens is 368 g/mol. The van der Waals surface area contributed by atoms with Crippen LogP contribution in [0.25, 0.3) is 11.1 Å². The average molecular weight is 394 g/mol. The van der Waals surface area contributed by atoms with Gasteiger partial charge in [-0.15, -0.1) is 0 Å². The maximum atomic E-state index is 8.75. The van der Waals surface area contributed by atoms with E-state index < -0.39 is 0 Å². The molecule has 1 aromatic carbocycles. The molecule has 3 heterocycles. The molecule has 8 heteroatoms. The van der Waals surface area contributed by atoms with Gasteiger partial charge in [0.2, 0.25) is 0 Å². The molecule has 8 nitrogen and oxygen atoms in total. The lowest BCUT2D eigenvalue weighted by Gasteiger charge is -2.28. The van der Waals surface area contributed by atoms with E-state index in [0.717, 1.165) is 35.8 Å². The summed E-state index contributed by atoms with van der Waals surface area (Å²) in [7, 11) is 3.52. The predicted molar refractivity (Wildman–Crippen MR) is 115 cm³/mol. The number of nitrogen functional groups attached to an aromatic ring is 1. The molecule has 0 atom stereocenters. The molecule has 1 fully saturated rings. The van der Waals surface area contributed by atoms with Crippen LogP contribution in [0.2, 0.25) is 0 Å². The fourth-order valence-corrected chi connectivity index (χ4v) is 3.52. The predicted octanol–water partition coefficient (Wildman–Crippen LogP) is 2.57. The molecule has 1 aliphatic rings. The Hall–Kier alpha value is -3.39. The number of hydrogen-bond acceptors (Lipinski definition) is 7. The third kappa shape index (κ3) is 3.66. The lowest BCUT2D eigenvalue weighted by atomic mass is 9.98. The number of nitrogens with zero attached hydrogens (tertiary/aromatic N) is 4. The molecule has 0 aliphatic carbocycles. The highest BCUT2D eigenvalue weighted by Crippen LogP contribution is 2.31. The maximum Gasteiger partial charge on any atom is 0.129 e. The molecule has 152 valence electrons. The first-order valence-corrected chi connectivity index (χ1v) is 9.42. The Morgan fingerprint density at radius 3 is 2.79 bits per heavy atom. The van der Waals surface area contributed by atoms with Gasteiger partial charge < -0.3 is 20.1 Å². The van der Waals surface area contributed by atoms with Gasteiger partial charge in [-0.05, 0) is 23.8 Å². The van der Waals surface area contributed by atoms with Gasteiger partial charge in [0, 0.05) is 56.8 Å². The summed E-state index contributed by atoms with van der Waals surface area (Å²) in [6.07, 6.45) is 3.43. The van der Waals surface area contributed by atoms with Crippen LogP contribution < -0.4 is 15.4 Å². The molecule has 3 N–H and O–H groups in total. The second-order valence-electron chi connectivity index (χ2n) is 6.86. The molecule has 1 aliphatic heterocycles. The van der Waals surface area contributed by atoms with Crippen LogP contribution in [0, 0.1) is 5.41 Å². The summed E-state index contributed by atoms with van der Waals surface area (Å²) in [6, 6.07) is 9.34. The van der Waals surface area contributed by atoms with Crippen molar-refractivity contribution in [1.29, 1.82) is 5.41 Å². The van der Waals surface area contributed by atoms with Gasteiger partial charge in [0.25, 0.3) is 0 Å². The van der Waals surface area contributed by atoms with E-state index in [1.807, 2.05) is 31.3 Å². The molecule has 4 rings (SSSR count). The Morgan fingerprint density at radius 2 is 2.03 bits per heavy atom. The molecular formula is C21H26N6O2. The van der Waals surface area contributed by atoms with E-state index in [9.17, 15) is 0 Å². The zero-order chi connectivity index (χ0) is 20.4. The first-order chi connectivity index (χ1) is 14.1. The molecule has 0 saturated carbocycles. The van der Waals surface area contributed by atoms with Crippen LogP contribution in [-0.2, 0) is 11.8 Å². The Morgan fingerprint density at radius 1 is 1.24 bits per heavy atom. The van der Waals surface area contributed by atoms with Crippen LogP contribution >= 0.6 is 0 Å². The minimum absolute atomic E-state index is 0. The molecule has 2 aromatic heterocycles. The van der Waals surface area contributed by atoms with Gasteiger partial charge in [-0.25, -0.2) is 0 Å². The van der Waals surface area contributed by atoms with E-state index in [-0.39, 0.29) is 7.14 Å². The fourth-order valence-electron chi connectivity index (χ4n) is 3.52. The summed E-state index contributed by atoms with van der Waals surface area (Å²) in [4.78, 5) is 6.41. The number of rotatable bonds is 5. The van der Waals surface area contributed by atoms with E-state index in [1.165, 1.54) is 0 Å². The number of pyridine rings is 1. The zero-order valence-electron chi connectivity index (χ0n) is 16.6. The lowest BCUT2D eigenvalue weighted by molar-refractivity contribution is 0.122. The van der Waals surface area contributed by atoms with Crippen molar-refractivity contribution in [3.63, 3.8) is 0 Å². The zero-order valence-corrected chi connectivity index (χ0v) is 16.6. The van der Waals surface area contributed by atoms with Gasteiger partial charge in [-0.3, -0.25) is 15.1 Å². The highest BCUT2D eigenvalue weighted by molar-refractivity contribution is 6.13. The fraction of sp³-hybridized carbons (Fsp3) is 0.286. The summed E-state index contributed by atoms with van der Waals surface area (Å²) < 4.78 is 12.7. The molecule has 0 spiro atoms. The van der Waals surface area contributed by atoms with Crippen molar-refractivity contribution in [3.8, 4) is 16.9 Å². The van der Waals surface area contributed by atoms with Gasteiger partial charge in [-0.1, -0.05) is 6.07 Å². The number of aromatic nitrogens is 3. The van der Waals surface area contributed by atoms with Gasteiger partial charge >= 0.3 is 0 Å². The van der Waals surface area contributed by atoms with Crippen LogP contribution in [0.15, 0.2) is 42.7 Å². The molecule has 0 radical (unpaired) electrons. The summed E-state index contributed by atoms with van der Waals surface area (Å²) in [5.41, 5.74) is 9.96. The highest BCUT2D eigenvalue weighted by Gasteiger charge is 2.20. The monoisotopic (exact) mass is 394 g/mol. The van der Waals surface area contributed by atoms with Gasteiger partial charge in [0.05, 0.1) is 26.0 Å². The largest absolute Gasteiger partial charge is 0.496 e. The van der Waals surface area contributed by atoms with E-state index >= 15 is 0 Å². The normalized spacial score (nSPS) is 14.1. The van der Waals surface area contributed by atoms with Gasteiger partial charge in [-0.2, -0.15) is 5.10 Å². The summed E-state index contributed by atoms with van der Waals surface area (Å²) in [5.74, 6) is 1.69. The second-order valence-corrected chi connectivity index (χ2v) is 6.86. The number of benzene rings is 1. The number of anilines is 2. The van der Waals surface area contributed by atoms with Crippen LogP contribution in [-0.4, -0.2) is 53.9 Å². The summed E-state index contributed by atoms with van der Waals surface area (Å²) in [5, 5.41) is 13.3. The Bertz CT molecular complexity index is 1050. The summed E-state index contributed by atoms with van der Waals surface area (Å²) >= 11 is 0. The van der Waals surface area contributed by atoms with Crippen molar-refractivity contribution in [1.82, 2.24) is 14.8 Å². The Kier molecular flexibility index (Phi) is 5.18. The number of hydrogen-bond donors (Lipinski definition) is 2. The van der Waals surface area contributed by atoms with Crippen molar-refractivity contribution < 1.29 is 10.9 Å². The number of ether oxygens (including phenoxy) is 2. The van der Waals surface area contributed by atoms with Gasteiger partial charge in [0.15, 0.2) is 0 Å². The number of morpholine rings is 1. The maximum absolute atomic E-state index is 8.75. The number of nitrogens with two attached hydrogens (primary N) is 1. The smallest absolute Gasteiger partial charge is 0.129 e. The minimum Gasteiger partial charge on any atom is -0.496 e. The quantitative estimate of drug-likeness (QED) is 0.509. The first kappa shape index (κ1) is 18.9. The molecule has 1 saturated heterocycles. The lowest BCUT2D eigenvalue weighted by Crippen LogP contribution is -2.37. The van der Waals surface area contributed by atoms with Crippen molar-refractivity contribution in [3.05, 3.63) is 54.0 Å². The van der Waals surface area contributed by atoms with Crippen molar-refractivity contribution in [2.75, 3.05) is 44.0 Å². The van der Waals surface area contributed by atoms with E-state index in [1.54, 1.807) is 30.3 Å². The highest BCUT2D eigenvalue weighted by atomic mass is 16.5. The number of aryl methyl sites for hydroxylation is 1. The van der Waals surface area contributed by atoms with Crippen LogP contribution in [0.1, 0.15) is 12.7 Å². The van der Waals surface area contributed by atoms with Gasteiger partial charge in [0.1, 0.15) is 17.3 Å². The topological polar surface area (TPSA) is 102 Å². The van der Waals surface area contributed by atoms with E-state index in [2.05, 4.69) is 15.0 Å². The first-order valence-electron chi connectivity index (χ1n) is 9.42. The third-order valence-electron chi connectivity index (χ3n) is 5.08.